The third kappa shape index (κ3) is 6.42. The van der Waals surface area contributed by atoms with Crippen molar-refractivity contribution < 1.29 is 27.4 Å². The maximum atomic E-state index is 12.0. The molecule has 0 amide bonds. The molecule has 0 aliphatic carbocycles. The Morgan fingerprint density at radius 2 is 1.48 bits per heavy atom. The molecule has 42 heavy (non-hydrogen) atoms. The zero-order valence-electron chi connectivity index (χ0n) is 24.2. The van der Waals surface area contributed by atoms with Crippen molar-refractivity contribution in [3.63, 3.8) is 0 Å². The largest absolute Gasteiger partial charge is 0.493 e. The number of hydrogen-bond donors (Lipinski definition) is 1. The van der Waals surface area contributed by atoms with Crippen molar-refractivity contribution in [2.45, 2.75) is 19.4 Å². The summed E-state index contributed by atoms with van der Waals surface area (Å²) in [7, 11) is 2.71. The van der Waals surface area contributed by atoms with Crippen molar-refractivity contribution in [2.24, 2.45) is 0 Å². The van der Waals surface area contributed by atoms with E-state index < -0.39 is 10.0 Å². The van der Waals surface area contributed by atoms with Crippen LogP contribution in [0.2, 0.25) is 0 Å². The van der Waals surface area contributed by atoms with Gasteiger partial charge >= 0.3 is 0 Å². The van der Waals surface area contributed by atoms with E-state index in [9.17, 15) is 8.42 Å². The molecule has 1 aromatic heterocycles. The van der Waals surface area contributed by atoms with Gasteiger partial charge in [-0.05, 0) is 65.1 Å². The molecule has 4 aromatic rings. The summed E-state index contributed by atoms with van der Waals surface area (Å²) in [5.41, 5.74) is 5.15. The zero-order valence-corrected chi connectivity index (χ0v) is 25.1. The van der Waals surface area contributed by atoms with Crippen molar-refractivity contribution in [3.05, 3.63) is 65.2 Å². The number of ether oxygens (including phenoxy) is 4. The fourth-order valence-corrected chi connectivity index (χ4v) is 5.56. The highest BCUT2D eigenvalue weighted by Crippen LogP contribution is 2.38. The molecule has 2 heterocycles. The molecule has 0 fully saturated rings. The minimum atomic E-state index is -3.58. The van der Waals surface area contributed by atoms with Crippen LogP contribution >= 0.6 is 0 Å². The quantitative estimate of drug-likeness (QED) is 0.276. The van der Waals surface area contributed by atoms with E-state index in [2.05, 4.69) is 49.3 Å². The van der Waals surface area contributed by atoms with Crippen LogP contribution in [0.5, 0.6) is 23.0 Å². The van der Waals surface area contributed by atoms with Crippen molar-refractivity contribution in [1.29, 1.82) is 0 Å². The van der Waals surface area contributed by atoms with E-state index in [4.69, 9.17) is 18.9 Å². The number of nitrogens with zero attached hydrogens (tertiary/aromatic N) is 5. The van der Waals surface area contributed by atoms with Gasteiger partial charge in [0.15, 0.2) is 23.0 Å². The fraction of sp³-hybridized carbons (Fsp3) is 0.345. The van der Waals surface area contributed by atoms with Crippen LogP contribution in [0.25, 0.3) is 17.1 Å². The Hall–Kier alpha value is -4.36. The van der Waals surface area contributed by atoms with Crippen LogP contribution in [-0.2, 0) is 29.4 Å². The number of sulfonamides is 1. The van der Waals surface area contributed by atoms with E-state index in [1.54, 1.807) is 20.3 Å². The van der Waals surface area contributed by atoms with E-state index in [0.29, 0.717) is 17.1 Å². The molecule has 0 bridgehead atoms. The summed E-state index contributed by atoms with van der Waals surface area (Å²) in [4.78, 5) is 3.85. The van der Waals surface area contributed by atoms with Crippen LogP contribution in [0.1, 0.15) is 16.7 Å². The van der Waals surface area contributed by atoms with E-state index in [0.717, 1.165) is 55.9 Å². The van der Waals surface area contributed by atoms with Crippen LogP contribution in [0.4, 0.5) is 5.69 Å². The van der Waals surface area contributed by atoms with Crippen LogP contribution in [0.15, 0.2) is 48.5 Å². The number of hydrogen-bond acceptors (Lipinski definition) is 10. The van der Waals surface area contributed by atoms with E-state index >= 15 is 0 Å². The summed E-state index contributed by atoms with van der Waals surface area (Å²) in [6.45, 7) is 2.78. The molecular formula is C29H34N6O6S. The lowest BCUT2D eigenvalue weighted by molar-refractivity contribution is 0.255. The van der Waals surface area contributed by atoms with Crippen LogP contribution in [0.3, 0.4) is 0 Å². The number of nitrogens with one attached hydrogen (secondary N) is 1. The lowest BCUT2D eigenvalue weighted by Gasteiger charge is -2.29. The summed E-state index contributed by atoms with van der Waals surface area (Å²) in [6, 6.07) is 15.3. The van der Waals surface area contributed by atoms with Gasteiger partial charge in [-0.2, -0.15) is 0 Å². The monoisotopic (exact) mass is 594 g/mol. The Balaban J connectivity index is 1.28. The van der Waals surface area contributed by atoms with Gasteiger partial charge in [-0.25, -0.2) is 8.42 Å². The fourth-order valence-electron chi connectivity index (χ4n) is 5.00. The summed E-state index contributed by atoms with van der Waals surface area (Å²) < 4.78 is 48.1. The Labute approximate surface area is 245 Å². The molecule has 0 unspecified atom stereocenters. The van der Waals surface area contributed by atoms with Crippen LogP contribution < -0.4 is 23.7 Å². The number of anilines is 1. The highest BCUT2D eigenvalue weighted by molar-refractivity contribution is 7.92. The van der Waals surface area contributed by atoms with E-state index in [-0.39, 0.29) is 11.5 Å². The Morgan fingerprint density at radius 3 is 2.12 bits per heavy atom. The number of benzene rings is 3. The minimum absolute atomic E-state index is 0.228. The molecule has 3 aromatic carbocycles. The number of rotatable bonds is 11. The normalized spacial score (nSPS) is 13.4. The summed E-state index contributed by atoms with van der Waals surface area (Å²) in [5, 5.41) is 12.9. The first-order valence-corrected chi connectivity index (χ1v) is 15.2. The van der Waals surface area contributed by atoms with Gasteiger partial charge in [0.05, 0.1) is 51.6 Å². The summed E-state index contributed by atoms with van der Waals surface area (Å²) in [5.74, 6) is 2.53. The molecule has 1 aliphatic rings. The number of methoxy groups -OCH3 is 4. The number of aromatic nitrogens is 4. The third-order valence-corrected chi connectivity index (χ3v) is 7.75. The zero-order chi connectivity index (χ0) is 29.9. The van der Waals surface area contributed by atoms with Gasteiger partial charge < -0.3 is 18.9 Å². The van der Waals surface area contributed by atoms with Gasteiger partial charge in [-0.15, -0.1) is 15.0 Å². The average Bonchev–Trinajstić information content (AvgIpc) is 3.48. The standard InChI is InChI=1S/C29H34N6O6S/c1-38-25-14-20-11-13-34(18-21(20)15-26(25)39-2)12-10-19-6-8-22(9-7-19)35-31-29(30-33-35)23-16-27(40-3)28(41-4)17-24(23)32-42(5,36)37/h6-9,14-17,32H,10-13,18H2,1-5H3. The predicted octanol–water partition coefficient (Wildman–Crippen LogP) is 3.34. The second kappa shape index (κ2) is 12.2. The topological polar surface area (TPSA) is 130 Å². The van der Waals surface area contributed by atoms with Crippen molar-refractivity contribution in [1.82, 2.24) is 25.1 Å². The van der Waals surface area contributed by atoms with Gasteiger partial charge in [0, 0.05) is 25.7 Å². The van der Waals surface area contributed by atoms with Gasteiger partial charge in [0.1, 0.15) is 0 Å². The van der Waals surface area contributed by atoms with E-state index in [1.165, 1.54) is 41.8 Å². The maximum Gasteiger partial charge on any atom is 0.229 e. The molecule has 222 valence electrons. The molecule has 0 spiro atoms. The minimum Gasteiger partial charge on any atom is -0.493 e. The Morgan fingerprint density at radius 1 is 0.857 bits per heavy atom. The molecule has 1 N–H and O–H groups in total. The smallest absolute Gasteiger partial charge is 0.229 e. The first kappa shape index (κ1) is 29.1. The molecule has 13 heteroatoms. The van der Waals surface area contributed by atoms with Crippen molar-refractivity contribution >= 4 is 15.7 Å². The Bertz CT molecular complexity index is 1670. The number of tetrazole rings is 1. The predicted molar refractivity (Wildman–Crippen MR) is 158 cm³/mol. The van der Waals surface area contributed by atoms with Crippen LogP contribution in [0, 0.1) is 0 Å². The summed E-state index contributed by atoms with van der Waals surface area (Å²) in [6.07, 6.45) is 2.93. The highest BCUT2D eigenvalue weighted by Gasteiger charge is 2.21. The second-order valence-electron chi connectivity index (χ2n) is 9.95. The second-order valence-corrected chi connectivity index (χ2v) is 11.7. The molecule has 0 atom stereocenters. The first-order chi connectivity index (χ1) is 20.2. The van der Waals surface area contributed by atoms with Gasteiger partial charge in [-0.1, -0.05) is 12.1 Å². The molecule has 0 saturated heterocycles. The molecule has 0 saturated carbocycles. The summed E-state index contributed by atoms with van der Waals surface area (Å²) >= 11 is 0. The van der Waals surface area contributed by atoms with Gasteiger partial charge in [-0.3, -0.25) is 9.62 Å². The molecule has 0 radical (unpaired) electrons. The Kier molecular flexibility index (Phi) is 8.50. The van der Waals surface area contributed by atoms with Crippen molar-refractivity contribution in [3.8, 4) is 40.1 Å². The highest BCUT2D eigenvalue weighted by atomic mass is 32.2. The molecular weight excluding hydrogens is 560 g/mol. The van der Waals surface area contributed by atoms with Gasteiger partial charge in [0.2, 0.25) is 15.8 Å². The first-order valence-electron chi connectivity index (χ1n) is 13.3. The van der Waals surface area contributed by atoms with E-state index in [1.807, 2.05) is 12.1 Å². The third-order valence-electron chi connectivity index (χ3n) is 7.15. The maximum absolute atomic E-state index is 12.0. The van der Waals surface area contributed by atoms with Crippen molar-refractivity contribution in [2.75, 3.05) is 52.5 Å². The SMILES string of the molecule is COc1cc2c(cc1OC)CN(CCc1ccc(-n3nnc(-c4cc(OC)c(OC)cc4NS(C)(=O)=O)n3)cc1)CC2. The lowest BCUT2D eigenvalue weighted by Crippen LogP contribution is -2.32. The molecule has 5 rings (SSSR count). The molecule has 1 aliphatic heterocycles. The molecule has 12 nitrogen and oxygen atoms in total. The lowest BCUT2D eigenvalue weighted by atomic mass is 9.98. The average molecular weight is 595 g/mol. The van der Waals surface area contributed by atoms with Crippen LogP contribution in [-0.4, -0.2) is 81.3 Å². The number of fused-ring (bicyclic) bond motifs is 1. The van der Waals surface area contributed by atoms with Gasteiger partial charge in [0.25, 0.3) is 0 Å².